The molecular weight excluding hydrogens is 273 g/mol. The van der Waals surface area contributed by atoms with Crippen molar-refractivity contribution < 1.29 is 12.8 Å². The summed E-state index contributed by atoms with van der Waals surface area (Å²) in [7, 11) is -3.67. The zero-order chi connectivity index (χ0) is 13.2. The molecule has 96 valence electrons. The summed E-state index contributed by atoms with van der Waals surface area (Å²) < 4.78 is 39.7. The van der Waals surface area contributed by atoms with E-state index in [-0.39, 0.29) is 16.4 Å². The number of hydrogen-bond acceptors (Lipinski definition) is 3. The summed E-state index contributed by atoms with van der Waals surface area (Å²) in [6, 6.07) is 9.04. The van der Waals surface area contributed by atoms with Crippen LogP contribution in [0.1, 0.15) is 6.92 Å². The molecule has 0 N–H and O–H groups in total. The molecule has 6 heteroatoms. The van der Waals surface area contributed by atoms with Gasteiger partial charge < -0.3 is 0 Å². The number of rotatable bonds is 4. The van der Waals surface area contributed by atoms with Crippen molar-refractivity contribution in [3.8, 4) is 0 Å². The molecule has 0 fully saturated rings. The van der Waals surface area contributed by atoms with E-state index in [2.05, 4.69) is 0 Å². The van der Waals surface area contributed by atoms with E-state index in [4.69, 9.17) is 0 Å². The summed E-state index contributed by atoms with van der Waals surface area (Å²) in [4.78, 5) is 0. The molecule has 0 spiro atoms. The van der Waals surface area contributed by atoms with E-state index >= 15 is 0 Å². The Morgan fingerprint density at radius 2 is 1.94 bits per heavy atom. The third-order valence-corrected chi connectivity index (χ3v) is 5.71. The summed E-state index contributed by atoms with van der Waals surface area (Å²) in [5.41, 5.74) is 0.0772. The zero-order valence-corrected chi connectivity index (χ0v) is 11.3. The van der Waals surface area contributed by atoms with Gasteiger partial charge in [-0.05, 0) is 30.5 Å². The first kappa shape index (κ1) is 13.0. The first-order chi connectivity index (χ1) is 8.57. The van der Waals surface area contributed by atoms with Gasteiger partial charge in [0.05, 0.1) is 5.69 Å². The summed E-state index contributed by atoms with van der Waals surface area (Å²) >= 11 is 1.12. The second kappa shape index (κ2) is 5.07. The molecule has 0 atom stereocenters. The number of hydrogen-bond donors (Lipinski definition) is 0. The van der Waals surface area contributed by atoms with Gasteiger partial charge in [-0.1, -0.05) is 18.2 Å². The molecule has 0 bridgehead atoms. The number of nitrogens with zero attached hydrogens (tertiary/aromatic N) is 1. The van der Waals surface area contributed by atoms with Gasteiger partial charge in [0.1, 0.15) is 10.0 Å². The Labute approximate surface area is 110 Å². The maximum atomic E-state index is 13.7. The van der Waals surface area contributed by atoms with Crippen molar-refractivity contribution in [2.75, 3.05) is 10.8 Å². The van der Waals surface area contributed by atoms with Crippen molar-refractivity contribution in [1.29, 1.82) is 0 Å². The van der Waals surface area contributed by atoms with Gasteiger partial charge >= 0.3 is 0 Å². The van der Waals surface area contributed by atoms with E-state index in [1.54, 1.807) is 24.4 Å². The quantitative estimate of drug-likeness (QED) is 0.865. The van der Waals surface area contributed by atoms with Crippen LogP contribution in [0.4, 0.5) is 10.1 Å². The predicted octanol–water partition coefficient (Wildman–Crippen LogP) is 3.10. The Balaban J connectivity index is 2.51. The summed E-state index contributed by atoms with van der Waals surface area (Å²) in [5.74, 6) is -0.542. The van der Waals surface area contributed by atoms with Gasteiger partial charge in [-0.2, -0.15) is 0 Å². The lowest BCUT2D eigenvalue weighted by Gasteiger charge is -2.22. The van der Waals surface area contributed by atoms with Crippen LogP contribution >= 0.6 is 11.3 Å². The van der Waals surface area contributed by atoms with Crippen molar-refractivity contribution in [3.05, 3.63) is 47.6 Å². The molecule has 1 aromatic carbocycles. The molecule has 0 aliphatic heterocycles. The third kappa shape index (κ3) is 2.26. The number of para-hydroxylation sites is 1. The Kier molecular flexibility index (Phi) is 3.68. The maximum absolute atomic E-state index is 13.7. The fourth-order valence-corrected chi connectivity index (χ4v) is 4.23. The van der Waals surface area contributed by atoms with Crippen molar-refractivity contribution >= 4 is 27.0 Å². The molecule has 1 aromatic heterocycles. The van der Waals surface area contributed by atoms with E-state index in [0.29, 0.717) is 0 Å². The van der Waals surface area contributed by atoms with E-state index in [9.17, 15) is 12.8 Å². The Bertz CT molecular complexity index is 623. The lowest BCUT2D eigenvalue weighted by atomic mass is 10.3. The molecule has 2 rings (SSSR count). The molecule has 0 saturated carbocycles. The van der Waals surface area contributed by atoms with E-state index < -0.39 is 15.8 Å². The normalized spacial score (nSPS) is 11.4. The summed E-state index contributed by atoms with van der Waals surface area (Å²) in [6.45, 7) is 1.86. The number of thiophene rings is 1. The van der Waals surface area contributed by atoms with Crippen molar-refractivity contribution in [1.82, 2.24) is 0 Å². The molecule has 2 aromatic rings. The Morgan fingerprint density at radius 3 is 2.50 bits per heavy atom. The first-order valence-corrected chi connectivity index (χ1v) is 7.70. The topological polar surface area (TPSA) is 37.4 Å². The SMILES string of the molecule is CCN(c1ccccc1F)S(=O)(=O)c1cccs1. The number of halogens is 1. The lowest BCUT2D eigenvalue weighted by molar-refractivity contribution is 0.588. The van der Waals surface area contributed by atoms with Gasteiger partial charge in [0.25, 0.3) is 10.0 Å². The van der Waals surface area contributed by atoms with Crippen molar-refractivity contribution in [2.24, 2.45) is 0 Å². The summed E-state index contributed by atoms with van der Waals surface area (Å²) in [5, 5.41) is 1.68. The molecule has 0 aliphatic rings. The van der Waals surface area contributed by atoms with Gasteiger partial charge in [0, 0.05) is 6.54 Å². The highest BCUT2D eigenvalue weighted by atomic mass is 32.2. The number of sulfonamides is 1. The average molecular weight is 285 g/mol. The van der Waals surface area contributed by atoms with Crippen LogP contribution in [0.15, 0.2) is 46.0 Å². The molecule has 0 unspecified atom stereocenters. The minimum Gasteiger partial charge on any atom is -0.263 e. The summed E-state index contributed by atoms with van der Waals surface area (Å²) in [6.07, 6.45) is 0. The van der Waals surface area contributed by atoms with E-state index in [0.717, 1.165) is 15.6 Å². The van der Waals surface area contributed by atoms with Gasteiger partial charge in [-0.15, -0.1) is 11.3 Å². The molecule has 0 aliphatic carbocycles. The van der Waals surface area contributed by atoms with Crippen LogP contribution in [0.5, 0.6) is 0 Å². The van der Waals surface area contributed by atoms with E-state index in [1.807, 2.05) is 0 Å². The molecule has 0 amide bonds. The predicted molar refractivity (Wildman–Crippen MR) is 70.9 cm³/mol. The standard InChI is InChI=1S/C12H12FNO2S2/c1-2-14(11-7-4-3-6-10(11)13)18(15,16)12-8-5-9-17-12/h3-9H,2H2,1H3. The zero-order valence-electron chi connectivity index (χ0n) is 9.71. The third-order valence-electron chi connectivity index (χ3n) is 2.45. The Hall–Kier alpha value is -1.40. The largest absolute Gasteiger partial charge is 0.273 e. The Morgan fingerprint density at radius 1 is 1.22 bits per heavy atom. The van der Waals surface area contributed by atoms with Crippen LogP contribution in [0.25, 0.3) is 0 Å². The van der Waals surface area contributed by atoms with E-state index in [1.165, 1.54) is 24.3 Å². The molecule has 0 radical (unpaired) electrons. The fraction of sp³-hybridized carbons (Fsp3) is 0.167. The van der Waals surface area contributed by atoms with Crippen LogP contribution in [0, 0.1) is 5.82 Å². The monoisotopic (exact) mass is 285 g/mol. The number of anilines is 1. The molecule has 3 nitrogen and oxygen atoms in total. The highest BCUT2D eigenvalue weighted by Crippen LogP contribution is 2.27. The van der Waals surface area contributed by atoms with Crippen LogP contribution in [-0.4, -0.2) is 15.0 Å². The molecule has 0 saturated heterocycles. The van der Waals surface area contributed by atoms with Crippen LogP contribution < -0.4 is 4.31 Å². The van der Waals surface area contributed by atoms with Crippen LogP contribution in [0.2, 0.25) is 0 Å². The molecule has 18 heavy (non-hydrogen) atoms. The second-order valence-corrected chi connectivity index (χ2v) is 6.59. The highest BCUT2D eigenvalue weighted by Gasteiger charge is 2.26. The minimum atomic E-state index is -3.67. The average Bonchev–Trinajstić information content (AvgIpc) is 2.86. The van der Waals surface area contributed by atoms with Gasteiger partial charge in [0.2, 0.25) is 0 Å². The molecule has 1 heterocycles. The van der Waals surface area contributed by atoms with Gasteiger partial charge in [0.15, 0.2) is 0 Å². The van der Waals surface area contributed by atoms with Crippen LogP contribution in [-0.2, 0) is 10.0 Å². The minimum absolute atomic E-state index is 0.0772. The van der Waals surface area contributed by atoms with Gasteiger partial charge in [-0.25, -0.2) is 12.8 Å². The number of benzene rings is 1. The van der Waals surface area contributed by atoms with Gasteiger partial charge in [-0.3, -0.25) is 4.31 Å². The van der Waals surface area contributed by atoms with Crippen molar-refractivity contribution in [2.45, 2.75) is 11.1 Å². The lowest BCUT2D eigenvalue weighted by Crippen LogP contribution is -2.30. The second-order valence-electron chi connectivity index (χ2n) is 3.55. The molecular formula is C12H12FNO2S2. The first-order valence-electron chi connectivity index (χ1n) is 5.38. The maximum Gasteiger partial charge on any atom is 0.273 e. The fourth-order valence-electron chi connectivity index (χ4n) is 1.64. The highest BCUT2D eigenvalue weighted by molar-refractivity contribution is 7.94. The van der Waals surface area contributed by atoms with Crippen LogP contribution in [0.3, 0.4) is 0 Å². The van der Waals surface area contributed by atoms with Crippen molar-refractivity contribution in [3.63, 3.8) is 0 Å². The smallest absolute Gasteiger partial charge is 0.263 e.